The average molecular weight is 401 g/mol. The molecule has 0 radical (unpaired) electrons. The van der Waals surface area contributed by atoms with Crippen molar-refractivity contribution >= 4 is 16.8 Å². The maximum absolute atomic E-state index is 13.6. The third-order valence-electron chi connectivity index (χ3n) is 8.11. The summed E-state index contributed by atoms with van der Waals surface area (Å²) in [7, 11) is 1.76. The van der Waals surface area contributed by atoms with Gasteiger partial charge in [0.2, 0.25) is 0 Å². The number of nitrogens with one attached hydrogen (secondary N) is 1. The second kappa shape index (κ2) is 6.63. The second-order valence-corrected chi connectivity index (χ2v) is 9.33. The van der Waals surface area contributed by atoms with Crippen LogP contribution in [0.1, 0.15) is 53.6 Å². The maximum atomic E-state index is 13.6. The van der Waals surface area contributed by atoms with Gasteiger partial charge in [-0.05, 0) is 79.1 Å². The third kappa shape index (κ3) is 2.49. The summed E-state index contributed by atoms with van der Waals surface area (Å²) >= 11 is 0. The normalized spacial score (nSPS) is 27.4. The number of rotatable bonds is 2. The van der Waals surface area contributed by atoms with Crippen molar-refractivity contribution in [3.8, 4) is 5.75 Å². The van der Waals surface area contributed by atoms with Crippen molar-refractivity contribution in [3.05, 3.63) is 65.4 Å². The molecule has 1 N–H and O–H groups in total. The minimum absolute atomic E-state index is 0.194. The van der Waals surface area contributed by atoms with E-state index in [4.69, 9.17) is 4.74 Å². The Hall–Kier alpha value is -2.75. The van der Waals surface area contributed by atoms with Crippen LogP contribution in [0.5, 0.6) is 5.75 Å². The van der Waals surface area contributed by atoms with Crippen LogP contribution >= 0.6 is 0 Å². The molecular formula is C26H28N2O2. The van der Waals surface area contributed by atoms with Crippen LogP contribution in [0.4, 0.5) is 0 Å². The molecule has 0 spiro atoms. The van der Waals surface area contributed by atoms with Crippen molar-refractivity contribution in [1.29, 1.82) is 0 Å². The number of piperidine rings is 1. The Kier molecular flexibility index (Phi) is 3.99. The fourth-order valence-electron chi connectivity index (χ4n) is 6.72. The van der Waals surface area contributed by atoms with E-state index in [-0.39, 0.29) is 11.3 Å². The Bertz CT molecular complexity index is 1130. The zero-order valence-corrected chi connectivity index (χ0v) is 17.5. The van der Waals surface area contributed by atoms with E-state index in [1.807, 2.05) is 30.5 Å². The van der Waals surface area contributed by atoms with Crippen molar-refractivity contribution in [1.82, 2.24) is 9.88 Å². The first-order valence-electron chi connectivity index (χ1n) is 11.3. The van der Waals surface area contributed by atoms with Gasteiger partial charge < -0.3 is 14.6 Å². The highest BCUT2D eigenvalue weighted by Gasteiger charge is 2.54. The van der Waals surface area contributed by atoms with E-state index in [0.29, 0.717) is 12.0 Å². The van der Waals surface area contributed by atoms with Crippen LogP contribution in [-0.2, 0) is 11.8 Å². The predicted molar refractivity (Wildman–Crippen MR) is 118 cm³/mol. The number of amides is 1. The number of aromatic nitrogens is 1. The Balaban J connectivity index is 1.41. The Morgan fingerprint density at radius 1 is 1.13 bits per heavy atom. The number of fused-ring (bicyclic) bond motifs is 2. The zero-order chi connectivity index (χ0) is 20.3. The van der Waals surface area contributed by atoms with Gasteiger partial charge in [0.1, 0.15) is 5.75 Å². The van der Waals surface area contributed by atoms with E-state index in [1.165, 1.54) is 36.8 Å². The molecule has 1 saturated heterocycles. The molecule has 6 rings (SSSR count). The van der Waals surface area contributed by atoms with E-state index in [1.54, 1.807) is 7.11 Å². The first-order chi connectivity index (χ1) is 14.7. The maximum Gasteiger partial charge on any atom is 0.254 e. The molecule has 1 amide bonds. The average Bonchev–Trinajstić information content (AvgIpc) is 3.26. The van der Waals surface area contributed by atoms with Crippen molar-refractivity contribution in [2.75, 3.05) is 13.7 Å². The van der Waals surface area contributed by atoms with Gasteiger partial charge in [0.15, 0.2) is 0 Å². The van der Waals surface area contributed by atoms with Gasteiger partial charge in [-0.3, -0.25) is 4.79 Å². The van der Waals surface area contributed by atoms with Gasteiger partial charge in [0.05, 0.1) is 7.11 Å². The fourth-order valence-corrected chi connectivity index (χ4v) is 6.72. The smallest absolute Gasteiger partial charge is 0.254 e. The van der Waals surface area contributed by atoms with Crippen LogP contribution in [0.3, 0.4) is 0 Å². The lowest BCUT2D eigenvalue weighted by Crippen LogP contribution is -2.62. The van der Waals surface area contributed by atoms with Crippen LogP contribution in [0.15, 0.2) is 48.7 Å². The number of carbonyl (C=O) groups is 1. The van der Waals surface area contributed by atoms with E-state index in [9.17, 15) is 4.79 Å². The van der Waals surface area contributed by atoms with Gasteiger partial charge in [-0.1, -0.05) is 18.9 Å². The van der Waals surface area contributed by atoms with E-state index in [2.05, 4.69) is 28.1 Å². The molecule has 2 heterocycles. The molecular weight excluding hydrogens is 372 g/mol. The Morgan fingerprint density at radius 3 is 2.97 bits per heavy atom. The number of H-pyrrole nitrogens is 1. The minimum Gasteiger partial charge on any atom is -0.497 e. The lowest BCUT2D eigenvalue weighted by Gasteiger charge is -2.59. The predicted octanol–water partition coefficient (Wildman–Crippen LogP) is 5.08. The highest BCUT2D eigenvalue weighted by atomic mass is 16.5. The van der Waals surface area contributed by atoms with E-state index >= 15 is 0 Å². The number of methoxy groups -OCH3 is 1. The van der Waals surface area contributed by atoms with Crippen LogP contribution < -0.4 is 4.74 Å². The van der Waals surface area contributed by atoms with Gasteiger partial charge in [-0.25, -0.2) is 0 Å². The molecule has 1 aromatic heterocycles. The lowest BCUT2D eigenvalue weighted by atomic mass is 9.52. The summed E-state index contributed by atoms with van der Waals surface area (Å²) in [6, 6.07) is 15.0. The molecule has 30 heavy (non-hydrogen) atoms. The summed E-state index contributed by atoms with van der Waals surface area (Å²) in [5.74, 6) is 1.71. The second-order valence-electron chi connectivity index (χ2n) is 9.33. The van der Waals surface area contributed by atoms with E-state index < -0.39 is 0 Å². The minimum atomic E-state index is 0.194. The van der Waals surface area contributed by atoms with Crippen molar-refractivity contribution < 1.29 is 9.53 Å². The largest absolute Gasteiger partial charge is 0.497 e. The summed E-state index contributed by atoms with van der Waals surface area (Å²) in [4.78, 5) is 19.1. The molecule has 3 aliphatic rings. The number of ether oxygens (including phenoxy) is 1. The number of aromatic amines is 1. The third-order valence-corrected chi connectivity index (χ3v) is 8.11. The Labute approximate surface area is 177 Å². The molecule has 154 valence electrons. The standard InChI is InChI=1S/C26H28N2O2/c1-30-20-7-5-17-15-24-21-4-2-3-10-26(21,22(17)16-20)11-13-28(24)25(29)19-6-8-23-18(14-19)9-12-27-23/h5-9,12,14,16,21,24,27H,2-4,10-11,13,15H2,1H3/t21-,24-,26-/m0/s1. The highest BCUT2D eigenvalue weighted by molar-refractivity contribution is 5.98. The molecule has 3 aromatic rings. The molecule has 2 aromatic carbocycles. The number of nitrogens with zero attached hydrogens (tertiary/aromatic N) is 1. The highest BCUT2D eigenvalue weighted by Crippen LogP contribution is 2.56. The van der Waals surface area contributed by atoms with Crippen molar-refractivity contribution in [2.24, 2.45) is 5.92 Å². The quantitative estimate of drug-likeness (QED) is 0.652. The van der Waals surface area contributed by atoms with Gasteiger partial charge in [0, 0.05) is 40.7 Å². The molecule has 2 bridgehead atoms. The lowest BCUT2D eigenvalue weighted by molar-refractivity contribution is -0.00441. The van der Waals surface area contributed by atoms with Gasteiger partial charge >= 0.3 is 0 Å². The molecule has 2 fully saturated rings. The van der Waals surface area contributed by atoms with Gasteiger partial charge in [-0.2, -0.15) is 0 Å². The molecule has 4 heteroatoms. The summed E-state index contributed by atoms with van der Waals surface area (Å²) in [6.45, 7) is 0.849. The first-order valence-corrected chi connectivity index (χ1v) is 11.3. The summed E-state index contributed by atoms with van der Waals surface area (Å²) in [5.41, 5.74) is 5.02. The first kappa shape index (κ1) is 18.1. The van der Waals surface area contributed by atoms with Gasteiger partial charge in [-0.15, -0.1) is 0 Å². The molecule has 4 nitrogen and oxygen atoms in total. The topological polar surface area (TPSA) is 45.3 Å². The van der Waals surface area contributed by atoms with Crippen molar-refractivity contribution in [2.45, 2.75) is 50.0 Å². The van der Waals surface area contributed by atoms with E-state index in [0.717, 1.165) is 41.6 Å². The van der Waals surface area contributed by atoms with Gasteiger partial charge in [0.25, 0.3) is 5.91 Å². The molecule has 1 saturated carbocycles. The number of likely N-dealkylation sites (tertiary alicyclic amines) is 1. The number of hydrogen-bond donors (Lipinski definition) is 1. The monoisotopic (exact) mass is 400 g/mol. The molecule has 0 unspecified atom stereocenters. The van der Waals surface area contributed by atoms with Crippen LogP contribution in [0.25, 0.3) is 10.9 Å². The fraction of sp³-hybridized carbons (Fsp3) is 0.423. The SMILES string of the molecule is COc1ccc2c(c1)[C@]13CCCC[C@H]1[C@H](C2)N(C(=O)c1ccc2[nH]ccc2c1)CC3. The summed E-state index contributed by atoms with van der Waals surface area (Å²) in [5, 5.41) is 1.10. The summed E-state index contributed by atoms with van der Waals surface area (Å²) in [6.07, 6.45) is 8.99. The van der Waals surface area contributed by atoms with Crippen LogP contribution in [-0.4, -0.2) is 35.5 Å². The zero-order valence-electron chi connectivity index (χ0n) is 17.5. The summed E-state index contributed by atoms with van der Waals surface area (Å²) < 4.78 is 5.57. The molecule has 1 aliphatic heterocycles. The van der Waals surface area contributed by atoms with Crippen LogP contribution in [0.2, 0.25) is 0 Å². The number of carbonyl (C=O) groups excluding carboxylic acids is 1. The number of benzene rings is 2. The molecule has 2 aliphatic carbocycles. The van der Waals surface area contributed by atoms with Crippen molar-refractivity contribution in [3.63, 3.8) is 0 Å². The van der Waals surface area contributed by atoms with Crippen LogP contribution in [0, 0.1) is 5.92 Å². The Morgan fingerprint density at radius 2 is 2.07 bits per heavy atom. The number of hydrogen-bond acceptors (Lipinski definition) is 2. The molecule has 3 atom stereocenters.